The van der Waals surface area contributed by atoms with E-state index in [4.69, 9.17) is 0 Å². The Kier molecular flexibility index (Phi) is 4.28. The Morgan fingerprint density at radius 1 is 1.20 bits per heavy atom. The molecule has 0 N–H and O–H groups in total. The standard InChI is InChI=1S/C21H23FN2O/c1-2-24(21(25)19-17-6-3-7-18(17)19)20(15-5-4-12-23-13-15)14-8-10-16(22)11-9-14/h4-5,8-13,17-20H,2-3,6-7H2,1H3/t17-,18-,20+/m1/s1. The van der Waals surface area contributed by atoms with Crippen molar-refractivity contribution in [2.45, 2.75) is 32.2 Å². The van der Waals surface area contributed by atoms with E-state index in [0.717, 1.165) is 11.1 Å². The van der Waals surface area contributed by atoms with Gasteiger partial charge in [0.05, 0.1) is 6.04 Å². The van der Waals surface area contributed by atoms with Crippen LogP contribution in [0.3, 0.4) is 0 Å². The third-order valence-corrected chi connectivity index (χ3v) is 5.81. The van der Waals surface area contributed by atoms with Gasteiger partial charge in [0.2, 0.25) is 5.91 Å². The lowest BCUT2D eigenvalue weighted by atomic mass is 9.97. The minimum absolute atomic E-state index is 0.188. The number of aromatic nitrogens is 1. The summed E-state index contributed by atoms with van der Waals surface area (Å²) in [6, 6.07) is 10.1. The van der Waals surface area contributed by atoms with Crippen molar-refractivity contribution < 1.29 is 9.18 Å². The van der Waals surface area contributed by atoms with Gasteiger partial charge in [0.1, 0.15) is 5.82 Å². The number of benzene rings is 1. The summed E-state index contributed by atoms with van der Waals surface area (Å²) in [5, 5.41) is 0. The Bertz CT molecular complexity index is 736. The van der Waals surface area contributed by atoms with Crippen molar-refractivity contribution >= 4 is 5.91 Å². The number of hydrogen-bond donors (Lipinski definition) is 0. The quantitative estimate of drug-likeness (QED) is 0.818. The number of pyridine rings is 1. The van der Waals surface area contributed by atoms with Gasteiger partial charge in [-0.05, 0) is 60.9 Å². The Balaban J connectivity index is 1.68. The Labute approximate surface area is 147 Å². The molecule has 0 bridgehead atoms. The van der Waals surface area contributed by atoms with Crippen LogP contribution in [0.5, 0.6) is 0 Å². The minimum atomic E-state index is -0.264. The second kappa shape index (κ2) is 6.58. The molecular weight excluding hydrogens is 315 g/mol. The molecule has 4 heteroatoms. The molecule has 1 aromatic heterocycles. The second-order valence-corrected chi connectivity index (χ2v) is 7.15. The van der Waals surface area contributed by atoms with E-state index in [1.165, 1.54) is 31.4 Å². The maximum Gasteiger partial charge on any atom is 0.227 e. The van der Waals surface area contributed by atoms with E-state index >= 15 is 0 Å². The number of halogens is 1. The molecule has 0 unspecified atom stereocenters. The highest BCUT2D eigenvalue weighted by atomic mass is 19.1. The molecule has 1 aromatic carbocycles. The van der Waals surface area contributed by atoms with Crippen LogP contribution in [0.4, 0.5) is 4.39 Å². The van der Waals surface area contributed by atoms with E-state index < -0.39 is 0 Å². The summed E-state index contributed by atoms with van der Waals surface area (Å²) in [5.41, 5.74) is 1.89. The molecule has 2 aromatic rings. The summed E-state index contributed by atoms with van der Waals surface area (Å²) >= 11 is 0. The van der Waals surface area contributed by atoms with E-state index in [9.17, 15) is 9.18 Å². The summed E-state index contributed by atoms with van der Waals surface area (Å²) in [7, 11) is 0. The van der Waals surface area contributed by atoms with Gasteiger partial charge in [-0.2, -0.15) is 0 Å². The van der Waals surface area contributed by atoms with Gasteiger partial charge in [-0.15, -0.1) is 0 Å². The van der Waals surface area contributed by atoms with Crippen LogP contribution in [0, 0.1) is 23.6 Å². The van der Waals surface area contributed by atoms with Gasteiger partial charge in [-0.1, -0.05) is 24.6 Å². The van der Waals surface area contributed by atoms with E-state index in [2.05, 4.69) is 4.98 Å². The summed E-state index contributed by atoms with van der Waals surface area (Å²) < 4.78 is 13.4. The maximum atomic E-state index is 13.4. The zero-order valence-corrected chi connectivity index (χ0v) is 14.4. The zero-order valence-electron chi connectivity index (χ0n) is 14.4. The highest BCUT2D eigenvalue weighted by Gasteiger charge is 2.57. The summed E-state index contributed by atoms with van der Waals surface area (Å²) in [4.78, 5) is 19.4. The predicted molar refractivity (Wildman–Crippen MR) is 94.2 cm³/mol. The molecule has 0 saturated heterocycles. The lowest BCUT2D eigenvalue weighted by molar-refractivity contribution is -0.135. The fraction of sp³-hybridized carbons (Fsp3) is 0.429. The van der Waals surface area contributed by atoms with Gasteiger partial charge < -0.3 is 4.90 Å². The third kappa shape index (κ3) is 2.94. The molecule has 0 spiro atoms. The van der Waals surface area contributed by atoms with Crippen molar-refractivity contribution in [3.63, 3.8) is 0 Å². The van der Waals surface area contributed by atoms with Crippen LogP contribution in [-0.2, 0) is 4.79 Å². The number of carbonyl (C=O) groups excluding carboxylic acids is 1. The van der Waals surface area contributed by atoms with E-state index in [-0.39, 0.29) is 23.7 Å². The molecule has 0 aliphatic heterocycles. The van der Waals surface area contributed by atoms with Crippen molar-refractivity contribution in [1.82, 2.24) is 9.88 Å². The topological polar surface area (TPSA) is 33.2 Å². The largest absolute Gasteiger partial charge is 0.332 e. The van der Waals surface area contributed by atoms with Crippen LogP contribution in [0.1, 0.15) is 43.4 Å². The second-order valence-electron chi connectivity index (χ2n) is 7.15. The Morgan fingerprint density at radius 3 is 2.52 bits per heavy atom. The SMILES string of the molecule is CCN(C(=O)C1[C@@H]2CCC[C@@H]12)[C@@H](c1ccc(F)cc1)c1cccnc1. The summed E-state index contributed by atoms with van der Waals surface area (Å²) in [6.07, 6.45) is 7.17. The van der Waals surface area contributed by atoms with Crippen molar-refractivity contribution in [1.29, 1.82) is 0 Å². The van der Waals surface area contributed by atoms with Crippen LogP contribution in [0.15, 0.2) is 48.8 Å². The van der Waals surface area contributed by atoms with Crippen LogP contribution in [0.25, 0.3) is 0 Å². The van der Waals surface area contributed by atoms with Crippen molar-refractivity contribution in [3.05, 3.63) is 65.7 Å². The van der Waals surface area contributed by atoms with Gasteiger partial charge in [0.25, 0.3) is 0 Å². The molecule has 25 heavy (non-hydrogen) atoms. The molecular formula is C21H23FN2O. The van der Waals surface area contributed by atoms with E-state index in [0.29, 0.717) is 18.4 Å². The molecule has 2 aliphatic carbocycles. The molecule has 0 radical (unpaired) electrons. The molecule has 2 fully saturated rings. The fourth-order valence-corrected chi connectivity index (χ4v) is 4.58. The lowest BCUT2D eigenvalue weighted by Crippen LogP contribution is -2.37. The smallest absolute Gasteiger partial charge is 0.227 e. The Morgan fingerprint density at radius 2 is 1.92 bits per heavy atom. The van der Waals surface area contributed by atoms with Crippen molar-refractivity contribution in [3.8, 4) is 0 Å². The van der Waals surface area contributed by atoms with Crippen LogP contribution < -0.4 is 0 Å². The fourth-order valence-electron chi connectivity index (χ4n) is 4.58. The average molecular weight is 338 g/mol. The maximum absolute atomic E-state index is 13.4. The van der Waals surface area contributed by atoms with Crippen molar-refractivity contribution in [2.24, 2.45) is 17.8 Å². The van der Waals surface area contributed by atoms with Gasteiger partial charge in [0, 0.05) is 24.9 Å². The van der Waals surface area contributed by atoms with Crippen molar-refractivity contribution in [2.75, 3.05) is 6.54 Å². The minimum Gasteiger partial charge on any atom is -0.332 e. The first-order valence-electron chi connectivity index (χ1n) is 9.16. The average Bonchev–Trinajstić information content (AvgIpc) is 3.12. The Hall–Kier alpha value is -2.23. The highest BCUT2D eigenvalue weighted by molar-refractivity contribution is 5.83. The molecule has 4 rings (SSSR count). The molecule has 1 amide bonds. The van der Waals surface area contributed by atoms with Gasteiger partial charge >= 0.3 is 0 Å². The highest BCUT2D eigenvalue weighted by Crippen LogP contribution is 2.58. The predicted octanol–water partition coefficient (Wildman–Crippen LogP) is 4.20. The van der Waals surface area contributed by atoms with Crippen LogP contribution in [0.2, 0.25) is 0 Å². The molecule has 2 saturated carbocycles. The number of amides is 1. The first-order chi connectivity index (χ1) is 12.2. The lowest BCUT2D eigenvalue weighted by Gasteiger charge is -2.32. The third-order valence-electron chi connectivity index (χ3n) is 5.81. The van der Waals surface area contributed by atoms with E-state index in [1.807, 2.05) is 24.0 Å². The summed E-state index contributed by atoms with van der Waals surface area (Å²) in [6.45, 7) is 2.65. The molecule has 3 atom stereocenters. The monoisotopic (exact) mass is 338 g/mol. The first-order valence-corrected chi connectivity index (χ1v) is 9.16. The molecule has 2 aliphatic rings. The normalized spacial score (nSPS) is 25.3. The number of carbonyl (C=O) groups is 1. The molecule has 130 valence electrons. The number of fused-ring (bicyclic) bond motifs is 1. The van der Waals surface area contributed by atoms with Gasteiger partial charge in [-0.25, -0.2) is 4.39 Å². The zero-order chi connectivity index (χ0) is 17.4. The molecule has 3 nitrogen and oxygen atoms in total. The first kappa shape index (κ1) is 16.2. The summed E-state index contributed by atoms with van der Waals surface area (Å²) in [5.74, 6) is 1.34. The van der Waals surface area contributed by atoms with E-state index in [1.54, 1.807) is 24.5 Å². The number of rotatable bonds is 5. The van der Waals surface area contributed by atoms with Gasteiger partial charge in [-0.3, -0.25) is 9.78 Å². The molecule has 1 heterocycles. The van der Waals surface area contributed by atoms with Crippen LogP contribution in [-0.4, -0.2) is 22.3 Å². The number of hydrogen-bond acceptors (Lipinski definition) is 2. The van der Waals surface area contributed by atoms with Crippen LogP contribution >= 0.6 is 0 Å². The van der Waals surface area contributed by atoms with Gasteiger partial charge in [0.15, 0.2) is 0 Å². The number of nitrogens with zero attached hydrogens (tertiary/aromatic N) is 2.